The molecule has 0 aromatic rings. The highest BCUT2D eigenvalue weighted by molar-refractivity contribution is 7.91. The Morgan fingerprint density at radius 3 is 2.41 bits per heavy atom. The molecule has 0 aromatic carbocycles. The number of carbonyl (C=O) groups excluding carboxylic acids is 2. The molecule has 2 saturated heterocycles. The Labute approximate surface area is 162 Å². The van der Waals surface area contributed by atoms with E-state index in [1.807, 2.05) is 0 Å². The molecule has 2 heterocycles. The minimum Gasteiger partial charge on any atom is -0.351 e. The van der Waals surface area contributed by atoms with Gasteiger partial charge in [0.15, 0.2) is 9.84 Å². The molecule has 2 atom stereocenters. The first kappa shape index (κ1) is 20.6. The number of hydrogen-bond donors (Lipinski definition) is 1. The van der Waals surface area contributed by atoms with Crippen molar-refractivity contribution < 1.29 is 18.0 Å². The Hall–Kier alpha value is -1.15. The van der Waals surface area contributed by atoms with Gasteiger partial charge < -0.3 is 15.1 Å². The lowest BCUT2D eigenvalue weighted by atomic mass is 9.75. The summed E-state index contributed by atoms with van der Waals surface area (Å²) in [6.07, 6.45) is 5.37. The molecule has 2 amide bonds. The Morgan fingerprint density at radius 2 is 1.78 bits per heavy atom. The molecule has 7 nitrogen and oxygen atoms in total. The smallest absolute Gasteiger partial charge is 0.228 e. The molecule has 0 aromatic heterocycles. The monoisotopic (exact) mass is 399 g/mol. The minimum absolute atomic E-state index is 0.0316. The van der Waals surface area contributed by atoms with E-state index in [1.54, 1.807) is 11.9 Å². The van der Waals surface area contributed by atoms with Crippen LogP contribution in [-0.2, 0) is 19.4 Å². The van der Waals surface area contributed by atoms with Gasteiger partial charge >= 0.3 is 0 Å². The van der Waals surface area contributed by atoms with E-state index in [2.05, 4.69) is 17.1 Å². The van der Waals surface area contributed by atoms with E-state index in [0.29, 0.717) is 12.5 Å². The van der Waals surface area contributed by atoms with Crippen LogP contribution in [0.15, 0.2) is 0 Å². The molecule has 1 saturated carbocycles. The fourth-order valence-corrected chi connectivity index (χ4v) is 6.44. The quantitative estimate of drug-likeness (QED) is 0.703. The van der Waals surface area contributed by atoms with Crippen molar-refractivity contribution in [2.24, 2.45) is 17.8 Å². The van der Waals surface area contributed by atoms with Crippen molar-refractivity contribution in [2.45, 2.75) is 45.1 Å². The highest BCUT2D eigenvalue weighted by atomic mass is 32.2. The lowest BCUT2D eigenvalue weighted by Gasteiger charge is -2.33. The fourth-order valence-electron chi connectivity index (χ4n) is 4.52. The molecular formula is C19H33N3O4S. The SMILES string of the molecule is CC1CC(C(=O)N[C@@H]2CS(=O)(=O)C[C@H]2C(=O)N(C)CCN2CCCCC2)C1. The summed E-state index contributed by atoms with van der Waals surface area (Å²) in [5, 5.41) is 2.87. The molecule has 1 aliphatic carbocycles. The molecule has 0 bridgehead atoms. The summed E-state index contributed by atoms with van der Waals surface area (Å²) in [5.74, 6) is -0.696. The van der Waals surface area contributed by atoms with Crippen LogP contribution in [0.25, 0.3) is 0 Å². The molecule has 0 spiro atoms. The van der Waals surface area contributed by atoms with Crippen molar-refractivity contribution in [1.29, 1.82) is 0 Å². The molecule has 154 valence electrons. The van der Waals surface area contributed by atoms with Crippen molar-refractivity contribution in [1.82, 2.24) is 15.1 Å². The van der Waals surface area contributed by atoms with Gasteiger partial charge in [0, 0.05) is 26.1 Å². The normalized spacial score (nSPS) is 33.3. The van der Waals surface area contributed by atoms with Gasteiger partial charge in [-0.1, -0.05) is 13.3 Å². The molecule has 3 aliphatic rings. The predicted molar refractivity (Wildman–Crippen MR) is 104 cm³/mol. The number of sulfone groups is 1. The van der Waals surface area contributed by atoms with Crippen molar-refractivity contribution in [3.05, 3.63) is 0 Å². The molecular weight excluding hydrogens is 366 g/mol. The van der Waals surface area contributed by atoms with Crippen LogP contribution in [0.2, 0.25) is 0 Å². The fraction of sp³-hybridized carbons (Fsp3) is 0.895. The molecule has 2 aliphatic heterocycles. The largest absolute Gasteiger partial charge is 0.351 e. The second-order valence-electron chi connectivity index (χ2n) is 8.73. The summed E-state index contributed by atoms with van der Waals surface area (Å²) in [4.78, 5) is 29.3. The zero-order valence-corrected chi connectivity index (χ0v) is 17.3. The van der Waals surface area contributed by atoms with Crippen LogP contribution >= 0.6 is 0 Å². The number of rotatable bonds is 6. The van der Waals surface area contributed by atoms with E-state index in [-0.39, 0.29) is 29.2 Å². The lowest BCUT2D eigenvalue weighted by molar-refractivity contribution is -0.135. The van der Waals surface area contributed by atoms with Crippen LogP contribution in [0.3, 0.4) is 0 Å². The number of nitrogens with one attached hydrogen (secondary N) is 1. The number of nitrogens with zero attached hydrogens (tertiary/aromatic N) is 2. The van der Waals surface area contributed by atoms with E-state index in [0.717, 1.165) is 32.5 Å². The van der Waals surface area contributed by atoms with Gasteiger partial charge in [-0.25, -0.2) is 8.42 Å². The second-order valence-corrected chi connectivity index (χ2v) is 10.9. The summed E-state index contributed by atoms with van der Waals surface area (Å²) >= 11 is 0. The van der Waals surface area contributed by atoms with Gasteiger partial charge in [0.2, 0.25) is 11.8 Å². The van der Waals surface area contributed by atoms with E-state index in [1.165, 1.54) is 19.3 Å². The maximum absolute atomic E-state index is 12.9. The lowest BCUT2D eigenvalue weighted by Crippen LogP contribution is -2.50. The molecule has 1 N–H and O–H groups in total. The number of amides is 2. The van der Waals surface area contributed by atoms with Gasteiger partial charge in [0.05, 0.1) is 23.5 Å². The average Bonchev–Trinajstić information content (AvgIpc) is 2.91. The number of piperidine rings is 1. The zero-order chi connectivity index (χ0) is 19.6. The van der Waals surface area contributed by atoms with Crippen molar-refractivity contribution in [3.8, 4) is 0 Å². The van der Waals surface area contributed by atoms with Crippen LogP contribution in [0.1, 0.15) is 39.0 Å². The highest BCUT2D eigenvalue weighted by Gasteiger charge is 2.45. The first-order valence-corrected chi connectivity index (χ1v) is 12.1. The predicted octanol–water partition coefficient (Wildman–Crippen LogP) is 0.506. The Morgan fingerprint density at radius 1 is 1.11 bits per heavy atom. The molecule has 3 fully saturated rings. The van der Waals surface area contributed by atoms with Crippen LogP contribution in [0.5, 0.6) is 0 Å². The van der Waals surface area contributed by atoms with Crippen molar-refractivity contribution in [2.75, 3.05) is 44.7 Å². The summed E-state index contributed by atoms with van der Waals surface area (Å²) in [6.45, 7) is 5.65. The van der Waals surface area contributed by atoms with Crippen LogP contribution in [0, 0.1) is 17.8 Å². The van der Waals surface area contributed by atoms with E-state index in [9.17, 15) is 18.0 Å². The van der Waals surface area contributed by atoms with Crippen LogP contribution in [0.4, 0.5) is 0 Å². The third kappa shape index (κ3) is 5.22. The van der Waals surface area contributed by atoms with Crippen LogP contribution < -0.4 is 5.32 Å². The topological polar surface area (TPSA) is 86.8 Å². The van der Waals surface area contributed by atoms with Gasteiger partial charge in [-0.2, -0.15) is 0 Å². The van der Waals surface area contributed by atoms with Gasteiger partial charge in [0.1, 0.15) is 0 Å². The third-order valence-electron chi connectivity index (χ3n) is 6.32. The Kier molecular flexibility index (Phi) is 6.46. The molecule has 0 unspecified atom stereocenters. The highest BCUT2D eigenvalue weighted by Crippen LogP contribution is 2.33. The number of likely N-dealkylation sites (N-methyl/N-ethyl adjacent to an activating group) is 1. The molecule has 0 radical (unpaired) electrons. The Balaban J connectivity index is 1.55. The van der Waals surface area contributed by atoms with Gasteiger partial charge in [-0.15, -0.1) is 0 Å². The Bertz CT molecular complexity index is 654. The summed E-state index contributed by atoms with van der Waals surface area (Å²) in [7, 11) is -1.56. The number of likely N-dealkylation sites (tertiary alicyclic amines) is 1. The number of carbonyl (C=O) groups is 2. The molecule has 8 heteroatoms. The minimum atomic E-state index is -3.30. The van der Waals surface area contributed by atoms with Crippen molar-refractivity contribution >= 4 is 21.7 Å². The standard InChI is InChI=1S/C19H33N3O4S/c1-14-10-15(11-14)18(23)20-17-13-27(25,26)12-16(17)19(24)21(2)8-9-22-6-4-3-5-7-22/h14-17H,3-13H2,1-2H3,(H,20,23)/t14?,15?,16-,17-/m1/s1. The summed E-state index contributed by atoms with van der Waals surface area (Å²) in [5.41, 5.74) is 0. The van der Waals surface area contributed by atoms with E-state index < -0.39 is 21.8 Å². The van der Waals surface area contributed by atoms with E-state index >= 15 is 0 Å². The van der Waals surface area contributed by atoms with Crippen molar-refractivity contribution in [3.63, 3.8) is 0 Å². The zero-order valence-electron chi connectivity index (χ0n) is 16.5. The maximum atomic E-state index is 12.9. The van der Waals surface area contributed by atoms with Gasteiger partial charge in [-0.05, 0) is 44.7 Å². The van der Waals surface area contributed by atoms with E-state index in [4.69, 9.17) is 0 Å². The number of hydrogen-bond acceptors (Lipinski definition) is 5. The van der Waals surface area contributed by atoms with Gasteiger partial charge in [0.25, 0.3) is 0 Å². The van der Waals surface area contributed by atoms with Gasteiger partial charge in [-0.3, -0.25) is 9.59 Å². The average molecular weight is 400 g/mol. The first-order valence-electron chi connectivity index (χ1n) is 10.2. The third-order valence-corrected chi connectivity index (χ3v) is 8.05. The summed E-state index contributed by atoms with van der Waals surface area (Å²) < 4.78 is 24.3. The summed E-state index contributed by atoms with van der Waals surface area (Å²) in [6, 6.07) is -0.594. The molecule has 3 rings (SSSR count). The maximum Gasteiger partial charge on any atom is 0.228 e. The molecule has 27 heavy (non-hydrogen) atoms. The first-order chi connectivity index (χ1) is 12.7. The second kappa shape index (κ2) is 8.47. The van der Waals surface area contributed by atoms with Crippen LogP contribution in [-0.4, -0.2) is 80.8 Å².